The number of piperidine rings is 1. The number of nitrogens with zero attached hydrogens (tertiary/aromatic N) is 2. The second-order valence-corrected chi connectivity index (χ2v) is 8.48. The van der Waals surface area contributed by atoms with Crippen LogP contribution in [0, 0.1) is 5.92 Å². The topological polar surface area (TPSA) is 35.6 Å². The third-order valence-electron chi connectivity index (χ3n) is 6.74. The van der Waals surface area contributed by atoms with E-state index in [2.05, 4.69) is 90.7 Å². The van der Waals surface area contributed by atoms with Crippen molar-refractivity contribution in [3.05, 3.63) is 71.8 Å². The molecule has 1 aliphatic rings. The molecule has 1 fully saturated rings. The van der Waals surface area contributed by atoms with Crippen LogP contribution in [0.1, 0.15) is 36.8 Å². The highest BCUT2D eigenvalue weighted by atomic mass is 16.2. The smallest absolute Gasteiger partial charge is 0.227 e. The Morgan fingerprint density at radius 3 is 2.10 bits per heavy atom. The number of likely N-dealkylation sites (tertiary alicyclic amines) is 1. The van der Waals surface area contributed by atoms with Crippen LogP contribution in [-0.4, -0.2) is 56.5 Å². The lowest BCUT2D eigenvalue weighted by atomic mass is 9.79. The fraction of sp³-hybridized carbons (Fsp3) is 0.480. The molecule has 0 saturated carbocycles. The minimum atomic E-state index is -0.0500. The first-order valence-electron chi connectivity index (χ1n) is 10.7. The molecule has 2 aromatic rings. The van der Waals surface area contributed by atoms with Gasteiger partial charge in [-0.05, 0) is 51.0 Å². The zero-order chi connectivity index (χ0) is 20.9. The van der Waals surface area contributed by atoms with Crippen molar-refractivity contribution in [1.29, 1.82) is 0 Å². The molecule has 0 spiro atoms. The number of nitrogens with one attached hydrogen (secondary N) is 1. The molecule has 0 aliphatic carbocycles. The van der Waals surface area contributed by atoms with Gasteiger partial charge >= 0.3 is 0 Å². The van der Waals surface area contributed by atoms with Crippen molar-refractivity contribution in [2.45, 2.75) is 31.2 Å². The summed E-state index contributed by atoms with van der Waals surface area (Å²) in [7, 11) is 6.25. The van der Waals surface area contributed by atoms with Crippen LogP contribution in [0.3, 0.4) is 0 Å². The average molecular weight is 394 g/mol. The summed E-state index contributed by atoms with van der Waals surface area (Å²) < 4.78 is 0. The molecule has 3 rings (SSSR count). The average Bonchev–Trinajstić information content (AvgIpc) is 2.77. The maximum atomic E-state index is 13.5. The van der Waals surface area contributed by atoms with E-state index in [1.807, 2.05) is 13.1 Å². The van der Waals surface area contributed by atoms with Crippen LogP contribution in [0.5, 0.6) is 0 Å². The van der Waals surface area contributed by atoms with Crippen LogP contribution >= 0.6 is 0 Å². The normalized spacial score (nSPS) is 18.4. The second-order valence-electron chi connectivity index (χ2n) is 8.48. The maximum Gasteiger partial charge on any atom is 0.227 e. The molecule has 0 aromatic heterocycles. The molecular formula is C25H35N3O. The zero-order valence-electron chi connectivity index (χ0n) is 18.3. The van der Waals surface area contributed by atoms with Crippen molar-refractivity contribution in [3.8, 4) is 0 Å². The first-order valence-corrected chi connectivity index (χ1v) is 10.7. The molecule has 1 heterocycles. The van der Waals surface area contributed by atoms with E-state index in [9.17, 15) is 4.79 Å². The highest BCUT2D eigenvalue weighted by Gasteiger charge is 2.40. The van der Waals surface area contributed by atoms with Gasteiger partial charge in [-0.1, -0.05) is 67.6 Å². The first kappa shape index (κ1) is 21.5. The van der Waals surface area contributed by atoms with Crippen molar-refractivity contribution in [2.75, 3.05) is 40.8 Å². The van der Waals surface area contributed by atoms with E-state index < -0.39 is 0 Å². The summed E-state index contributed by atoms with van der Waals surface area (Å²) in [6, 6.07) is 21.1. The van der Waals surface area contributed by atoms with E-state index in [0.29, 0.717) is 6.54 Å². The molecule has 29 heavy (non-hydrogen) atoms. The quantitative estimate of drug-likeness (QED) is 0.779. The number of carbonyl (C=O) groups is 1. The van der Waals surface area contributed by atoms with Gasteiger partial charge in [0.1, 0.15) is 0 Å². The van der Waals surface area contributed by atoms with Gasteiger partial charge in [-0.15, -0.1) is 0 Å². The summed E-state index contributed by atoms with van der Waals surface area (Å²) in [4.78, 5) is 17.9. The fourth-order valence-corrected chi connectivity index (χ4v) is 4.76. The standard InChI is InChI=1S/C25H35N3O/c1-20(21-11-7-5-8-12-21)23(19-26-2)24(29)28-17-15-25(16-18-28,27(3)4)22-13-9-6-10-14-22/h5-14,20,23,26H,15-19H2,1-4H3/t20-,23-/m1/s1. The number of hydrogen-bond donors (Lipinski definition) is 1. The minimum Gasteiger partial charge on any atom is -0.342 e. The summed E-state index contributed by atoms with van der Waals surface area (Å²) in [6.45, 7) is 4.47. The molecule has 156 valence electrons. The molecular weight excluding hydrogens is 358 g/mol. The lowest BCUT2D eigenvalue weighted by Gasteiger charge is -2.47. The monoisotopic (exact) mass is 393 g/mol. The molecule has 4 nitrogen and oxygen atoms in total. The van der Waals surface area contributed by atoms with Gasteiger partial charge in [0.2, 0.25) is 5.91 Å². The Bertz CT molecular complexity index is 767. The lowest BCUT2D eigenvalue weighted by molar-refractivity contribution is -0.138. The minimum absolute atomic E-state index is 0.00158. The van der Waals surface area contributed by atoms with Crippen LogP contribution in [0.15, 0.2) is 60.7 Å². The maximum absolute atomic E-state index is 13.5. The largest absolute Gasteiger partial charge is 0.342 e. The Morgan fingerprint density at radius 1 is 1.03 bits per heavy atom. The summed E-state index contributed by atoms with van der Waals surface area (Å²) in [5.41, 5.74) is 2.58. The van der Waals surface area contributed by atoms with Gasteiger partial charge in [-0.3, -0.25) is 9.69 Å². The summed E-state index contributed by atoms with van der Waals surface area (Å²) in [5, 5.41) is 3.24. The summed E-state index contributed by atoms with van der Waals surface area (Å²) in [6.07, 6.45) is 1.92. The van der Waals surface area contributed by atoms with Crippen molar-refractivity contribution in [1.82, 2.24) is 15.1 Å². The third kappa shape index (κ3) is 4.54. The molecule has 0 bridgehead atoms. The predicted octanol–water partition coefficient (Wildman–Crippen LogP) is 3.71. The second kappa shape index (κ2) is 9.55. The van der Waals surface area contributed by atoms with Crippen molar-refractivity contribution in [2.24, 2.45) is 5.92 Å². The van der Waals surface area contributed by atoms with Crippen molar-refractivity contribution >= 4 is 5.91 Å². The molecule has 1 saturated heterocycles. The third-order valence-corrected chi connectivity index (χ3v) is 6.74. The Labute approximate surface area is 175 Å². The Hall–Kier alpha value is -2.17. The molecule has 4 heteroatoms. The molecule has 1 amide bonds. The van der Waals surface area contributed by atoms with Gasteiger partial charge in [-0.2, -0.15) is 0 Å². The van der Waals surface area contributed by atoms with Crippen molar-refractivity contribution in [3.63, 3.8) is 0 Å². The number of hydrogen-bond acceptors (Lipinski definition) is 3. The number of rotatable bonds is 7. The number of amides is 1. The van der Waals surface area contributed by atoms with E-state index in [1.165, 1.54) is 11.1 Å². The molecule has 2 aromatic carbocycles. The van der Waals surface area contributed by atoms with E-state index in [1.54, 1.807) is 0 Å². The zero-order valence-corrected chi connectivity index (χ0v) is 18.3. The van der Waals surface area contributed by atoms with E-state index in [-0.39, 0.29) is 23.3 Å². The Balaban J connectivity index is 1.75. The van der Waals surface area contributed by atoms with Crippen LogP contribution in [0.2, 0.25) is 0 Å². The van der Waals surface area contributed by atoms with Crippen LogP contribution in [0.4, 0.5) is 0 Å². The van der Waals surface area contributed by atoms with Crippen LogP contribution in [0.25, 0.3) is 0 Å². The molecule has 1 aliphatic heterocycles. The number of benzene rings is 2. The number of carbonyl (C=O) groups excluding carboxylic acids is 1. The van der Waals surface area contributed by atoms with E-state index in [0.717, 1.165) is 25.9 Å². The van der Waals surface area contributed by atoms with Crippen LogP contribution < -0.4 is 5.32 Å². The van der Waals surface area contributed by atoms with Gasteiger partial charge in [-0.25, -0.2) is 0 Å². The Morgan fingerprint density at radius 2 is 1.59 bits per heavy atom. The Kier molecular flexibility index (Phi) is 7.09. The van der Waals surface area contributed by atoms with E-state index in [4.69, 9.17) is 0 Å². The SMILES string of the molecule is CNC[C@@H](C(=O)N1CCC(c2ccccc2)(N(C)C)CC1)[C@H](C)c1ccccc1. The fourth-order valence-electron chi connectivity index (χ4n) is 4.76. The van der Waals surface area contributed by atoms with Crippen molar-refractivity contribution < 1.29 is 4.79 Å². The summed E-state index contributed by atoms with van der Waals surface area (Å²) >= 11 is 0. The van der Waals surface area contributed by atoms with Gasteiger partial charge in [0.15, 0.2) is 0 Å². The predicted molar refractivity (Wildman–Crippen MR) is 120 cm³/mol. The molecule has 2 atom stereocenters. The van der Waals surface area contributed by atoms with Gasteiger partial charge < -0.3 is 10.2 Å². The van der Waals surface area contributed by atoms with Crippen LogP contribution in [-0.2, 0) is 10.3 Å². The van der Waals surface area contributed by atoms with Gasteiger partial charge in [0, 0.05) is 25.2 Å². The van der Waals surface area contributed by atoms with Gasteiger partial charge in [0.05, 0.1) is 5.92 Å². The first-order chi connectivity index (χ1) is 14.0. The molecule has 0 radical (unpaired) electrons. The highest BCUT2D eigenvalue weighted by molar-refractivity contribution is 5.80. The lowest BCUT2D eigenvalue weighted by Crippen LogP contribution is -2.53. The highest BCUT2D eigenvalue weighted by Crippen LogP contribution is 2.38. The molecule has 1 N–H and O–H groups in total. The summed E-state index contributed by atoms with van der Waals surface area (Å²) in [5.74, 6) is 0.410. The van der Waals surface area contributed by atoms with Gasteiger partial charge in [0.25, 0.3) is 0 Å². The molecule has 0 unspecified atom stereocenters. The van der Waals surface area contributed by atoms with E-state index >= 15 is 0 Å².